The van der Waals surface area contributed by atoms with Gasteiger partial charge in [0.15, 0.2) is 0 Å². The molecule has 6 rings (SSSR count). The Balaban J connectivity index is 1.31. The summed E-state index contributed by atoms with van der Waals surface area (Å²) in [7, 11) is -3.82. The normalized spacial score (nSPS) is 33.2. The fourth-order valence-electron chi connectivity index (χ4n) is 7.36. The average Bonchev–Trinajstić information content (AvgIpc) is 2.65. The molecule has 1 aromatic heterocycles. The summed E-state index contributed by atoms with van der Waals surface area (Å²) in [5.74, 6) is 0.751. The second-order valence-electron chi connectivity index (χ2n) is 11.0. The van der Waals surface area contributed by atoms with E-state index in [1.54, 1.807) is 25.1 Å². The molecule has 32 heavy (non-hydrogen) atoms. The first-order valence-corrected chi connectivity index (χ1v) is 12.7. The van der Waals surface area contributed by atoms with Crippen molar-refractivity contribution in [1.82, 2.24) is 9.97 Å². The van der Waals surface area contributed by atoms with Crippen molar-refractivity contribution in [3.05, 3.63) is 42.2 Å². The lowest BCUT2D eigenvalue weighted by atomic mass is 9.40. The van der Waals surface area contributed by atoms with Crippen LogP contribution in [-0.4, -0.2) is 24.3 Å². The average molecular weight is 455 g/mol. The Labute approximate surface area is 189 Å². The van der Waals surface area contributed by atoms with Crippen LogP contribution in [0.5, 0.6) is 0 Å². The molecule has 0 aliphatic heterocycles. The zero-order valence-electron chi connectivity index (χ0n) is 18.8. The highest BCUT2D eigenvalue weighted by atomic mass is 32.2. The third-order valence-corrected chi connectivity index (χ3v) is 8.89. The van der Waals surface area contributed by atoms with Gasteiger partial charge in [-0.2, -0.15) is 0 Å². The maximum absolute atomic E-state index is 13.4. The highest BCUT2D eigenvalue weighted by Crippen LogP contribution is 2.69. The summed E-state index contributed by atoms with van der Waals surface area (Å²) in [5, 5.41) is 3.09. The smallest absolute Gasteiger partial charge is 0.264 e. The lowest BCUT2D eigenvalue weighted by Gasteiger charge is -2.64. The fraction of sp³-hybridized carbons (Fsp3) is 0.542. The first kappa shape index (κ1) is 21.4. The van der Waals surface area contributed by atoms with Gasteiger partial charge in [-0.05, 0) is 92.5 Å². The first-order valence-electron chi connectivity index (χ1n) is 11.2. The summed E-state index contributed by atoms with van der Waals surface area (Å²) in [4.78, 5) is 21.6. The number of hydrogen-bond acceptors (Lipinski definition) is 5. The van der Waals surface area contributed by atoms with Gasteiger partial charge in [-0.3, -0.25) is 4.79 Å². The molecule has 1 aromatic carbocycles. The number of nitrogens with zero attached hydrogens (tertiary/aromatic N) is 2. The number of rotatable bonds is 5. The maximum Gasteiger partial charge on any atom is 0.264 e. The molecule has 4 aliphatic rings. The molecule has 4 aliphatic carbocycles. The highest BCUT2D eigenvalue weighted by Gasteiger charge is 2.62. The second-order valence-corrected chi connectivity index (χ2v) is 12.7. The molecular formula is C24H30N4O3S. The third-order valence-electron chi connectivity index (χ3n) is 7.55. The summed E-state index contributed by atoms with van der Waals surface area (Å²) in [5.41, 5.74) is 1.49. The van der Waals surface area contributed by atoms with Gasteiger partial charge in [-0.15, -0.1) is 0 Å². The number of nitrogens with one attached hydrogen (secondary N) is 2. The van der Waals surface area contributed by atoms with Gasteiger partial charge in [-0.25, -0.2) is 23.1 Å². The van der Waals surface area contributed by atoms with Crippen LogP contribution in [0.4, 0.5) is 11.6 Å². The molecule has 0 radical (unpaired) electrons. The van der Waals surface area contributed by atoms with Crippen LogP contribution in [0.3, 0.4) is 0 Å². The van der Waals surface area contributed by atoms with E-state index < -0.39 is 10.0 Å². The number of carbonyl (C=O) groups excluding carboxylic acids is 1. The molecule has 2 aromatic rings. The van der Waals surface area contributed by atoms with Gasteiger partial charge in [0.2, 0.25) is 11.9 Å². The van der Waals surface area contributed by atoms with Crippen LogP contribution in [0, 0.1) is 29.1 Å². The van der Waals surface area contributed by atoms with Crippen molar-refractivity contribution in [2.75, 3.05) is 10.0 Å². The number of carbonyl (C=O) groups is 1. The summed E-state index contributed by atoms with van der Waals surface area (Å²) in [6.07, 6.45) is 8.07. The molecule has 8 heteroatoms. The van der Waals surface area contributed by atoms with Crippen LogP contribution in [0.25, 0.3) is 0 Å². The second kappa shape index (κ2) is 7.01. The summed E-state index contributed by atoms with van der Waals surface area (Å²) in [6, 6.07) is 7.98. The predicted molar refractivity (Wildman–Crippen MR) is 122 cm³/mol. The lowest BCUT2D eigenvalue weighted by Crippen LogP contribution is -2.58. The molecule has 1 heterocycles. The Morgan fingerprint density at radius 3 is 2.25 bits per heavy atom. The van der Waals surface area contributed by atoms with E-state index in [1.807, 2.05) is 0 Å². The number of anilines is 2. The minimum Gasteiger partial charge on any atom is -0.326 e. The van der Waals surface area contributed by atoms with Crippen molar-refractivity contribution in [3.63, 3.8) is 0 Å². The van der Waals surface area contributed by atoms with Gasteiger partial charge >= 0.3 is 0 Å². The number of amides is 1. The molecule has 0 saturated heterocycles. The largest absolute Gasteiger partial charge is 0.326 e. The molecule has 0 spiro atoms. The summed E-state index contributed by atoms with van der Waals surface area (Å²) < 4.78 is 27.7. The number of benzene rings is 1. The van der Waals surface area contributed by atoms with Crippen LogP contribution in [0.2, 0.25) is 0 Å². The Hall–Kier alpha value is -2.48. The van der Waals surface area contributed by atoms with E-state index in [4.69, 9.17) is 0 Å². The maximum atomic E-state index is 13.4. The van der Waals surface area contributed by atoms with Crippen LogP contribution < -0.4 is 10.0 Å². The Morgan fingerprint density at radius 1 is 1.00 bits per heavy atom. The minimum absolute atomic E-state index is 0.0335. The molecule has 1 amide bonds. The predicted octanol–water partition coefficient (Wildman–Crippen LogP) is 4.52. The number of aromatic nitrogens is 2. The molecule has 4 bridgehead atoms. The number of sulfonamides is 1. The molecule has 2 unspecified atom stereocenters. The van der Waals surface area contributed by atoms with Gasteiger partial charge in [-0.1, -0.05) is 13.8 Å². The molecular weight excluding hydrogens is 424 g/mol. The number of aryl methyl sites for hydroxylation is 1. The molecule has 170 valence electrons. The molecule has 4 atom stereocenters. The van der Waals surface area contributed by atoms with Crippen LogP contribution >= 0.6 is 0 Å². The van der Waals surface area contributed by atoms with E-state index in [0.717, 1.165) is 19.3 Å². The van der Waals surface area contributed by atoms with Crippen LogP contribution in [0.15, 0.2) is 41.4 Å². The topological polar surface area (TPSA) is 101 Å². The van der Waals surface area contributed by atoms with E-state index >= 15 is 0 Å². The van der Waals surface area contributed by atoms with Crippen molar-refractivity contribution in [2.24, 2.45) is 22.2 Å². The van der Waals surface area contributed by atoms with Crippen molar-refractivity contribution >= 4 is 27.6 Å². The quantitative estimate of drug-likeness (QED) is 0.692. The standard InChI is InChI=1S/C24H30N4O3S/c1-16-8-9-25-21(26-16)28-32(30,31)19-6-4-18(5-7-19)27-20(29)24-12-17-10-22(2,14-24)13-23(3,11-17)15-24/h4-9,17H,10-15H2,1-3H3,(H,27,29)(H,25,26,28)/t17?,22-,23+,24?. The van der Waals surface area contributed by atoms with Gasteiger partial charge in [0.05, 0.1) is 10.3 Å². The van der Waals surface area contributed by atoms with E-state index in [9.17, 15) is 13.2 Å². The van der Waals surface area contributed by atoms with Crippen LogP contribution in [0.1, 0.15) is 58.1 Å². The lowest BCUT2D eigenvalue weighted by molar-refractivity contribution is -0.165. The van der Waals surface area contributed by atoms with E-state index in [-0.39, 0.29) is 33.0 Å². The van der Waals surface area contributed by atoms with Gasteiger partial charge < -0.3 is 5.32 Å². The van der Waals surface area contributed by atoms with E-state index in [0.29, 0.717) is 17.3 Å². The molecule has 7 nitrogen and oxygen atoms in total. The molecule has 2 N–H and O–H groups in total. The zero-order chi connectivity index (χ0) is 22.8. The minimum atomic E-state index is -3.82. The Morgan fingerprint density at radius 2 is 1.66 bits per heavy atom. The Bertz CT molecular complexity index is 1160. The summed E-state index contributed by atoms with van der Waals surface area (Å²) in [6.45, 7) is 6.46. The number of hydrogen-bond donors (Lipinski definition) is 2. The molecule has 4 fully saturated rings. The highest BCUT2D eigenvalue weighted by molar-refractivity contribution is 7.92. The third kappa shape index (κ3) is 3.78. The monoisotopic (exact) mass is 454 g/mol. The van der Waals surface area contributed by atoms with Gasteiger partial charge in [0, 0.05) is 17.6 Å². The van der Waals surface area contributed by atoms with Crippen LogP contribution in [-0.2, 0) is 14.8 Å². The van der Waals surface area contributed by atoms with Gasteiger partial charge in [0.25, 0.3) is 10.0 Å². The van der Waals surface area contributed by atoms with Gasteiger partial charge in [0.1, 0.15) is 0 Å². The Kier molecular flexibility index (Phi) is 4.68. The van der Waals surface area contributed by atoms with Crippen molar-refractivity contribution < 1.29 is 13.2 Å². The van der Waals surface area contributed by atoms with Crippen molar-refractivity contribution in [1.29, 1.82) is 0 Å². The first-order chi connectivity index (χ1) is 15.0. The van der Waals surface area contributed by atoms with Crippen molar-refractivity contribution in [3.8, 4) is 0 Å². The molecule has 4 saturated carbocycles. The summed E-state index contributed by atoms with van der Waals surface area (Å²) >= 11 is 0. The fourth-order valence-corrected chi connectivity index (χ4v) is 8.31. The van der Waals surface area contributed by atoms with Crippen molar-refractivity contribution in [2.45, 2.75) is 64.2 Å². The zero-order valence-corrected chi connectivity index (χ0v) is 19.6. The SMILES string of the molecule is Cc1ccnc(NS(=O)(=O)c2ccc(NC(=O)C34CC5C[C@@](C)(C3)C[C@](C)(C5)C4)cc2)n1. The van der Waals surface area contributed by atoms with E-state index in [1.165, 1.54) is 37.6 Å². The van der Waals surface area contributed by atoms with E-state index in [2.05, 4.69) is 33.9 Å².